The maximum atomic E-state index is 5.14. The van der Waals surface area contributed by atoms with Crippen LogP contribution >= 0.6 is 0 Å². The van der Waals surface area contributed by atoms with E-state index in [9.17, 15) is 0 Å². The van der Waals surface area contributed by atoms with Crippen molar-refractivity contribution in [2.75, 3.05) is 9.80 Å². The maximum absolute atomic E-state index is 5.14. The molecular formula is C62H54N4. The molecule has 0 N–H and O–H groups in total. The predicted molar refractivity (Wildman–Crippen MR) is 277 cm³/mol. The molecule has 2 aliphatic carbocycles. The van der Waals surface area contributed by atoms with E-state index in [1.165, 1.54) is 137 Å². The molecule has 2 aromatic heterocycles. The Morgan fingerprint density at radius 3 is 1.29 bits per heavy atom. The molecule has 4 heterocycles. The molecule has 14 rings (SSSR count). The number of nitrogens with zero attached hydrogens (tertiary/aromatic N) is 4. The number of aromatic nitrogens is 2. The Morgan fingerprint density at radius 1 is 0.394 bits per heavy atom. The number of rotatable bonds is 4. The highest BCUT2D eigenvalue weighted by Gasteiger charge is 2.59. The van der Waals surface area contributed by atoms with E-state index in [0.717, 1.165) is 24.5 Å². The minimum Gasteiger partial charge on any atom is -0.319 e. The van der Waals surface area contributed by atoms with Gasteiger partial charge in [-0.25, -0.2) is 9.97 Å². The highest BCUT2D eigenvalue weighted by Crippen LogP contribution is 2.63. The summed E-state index contributed by atoms with van der Waals surface area (Å²) in [5.74, 6) is 2.16. The van der Waals surface area contributed by atoms with Crippen LogP contribution in [0.25, 0.3) is 76.1 Å². The number of hydrogen-bond donors (Lipinski definition) is 0. The van der Waals surface area contributed by atoms with E-state index in [-0.39, 0.29) is 21.9 Å². The first-order valence-corrected chi connectivity index (χ1v) is 24.5. The molecule has 4 atom stereocenters. The molecule has 2 aliphatic heterocycles. The lowest BCUT2D eigenvalue weighted by Gasteiger charge is -2.50. The van der Waals surface area contributed by atoms with Gasteiger partial charge in [0.15, 0.2) is 0 Å². The van der Waals surface area contributed by atoms with Crippen LogP contribution < -0.4 is 9.80 Å². The summed E-state index contributed by atoms with van der Waals surface area (Å²) in [7, 11) is 0. The third-order valence-corrected chi connectivity index (χ3v) is 18.2. The molecule has 4 unspecified atom stereocenters. The Kier molecular flexibility index (Phi) is 7.82. The van der Waals surface area contributed by atoms with E-state index < -0.39 is 0 Å². The van der Waals surface area contributed by atoms with Gasteiger partial charge in [0.05, 0.1) is 11.1 Å². The summed E-state index contributed by atoms with van der Waals surface area (Å²) < 4.78 is 0. The van der Waals surface area contributed by atoms with Gasteiger partial charge in [-0.3, -0.25) is 0 Å². The quantitative estimate of drug-likeness (QED) is 0.165. The molecule has 4 nitrogen and oxygen atoms in total. The Labute approximate surface area is 387 Å². The van der Waals surface area contributed by atoms with Crippen LogP contribution in [-0.2, 0) is 10.8 Å². The summed E-state index contributed by atoms with van der Waals surface area (Å²) in [6.45, 7) is 10.1. The van der Waals surface area contributed by atoms with E-state index >= 15 is 0 Å². The molecule has 0 radical (unpaired) electrons. The Bertz CT molecular complexity index is 3410. The lowest BCUT2D eigenvalue weighted by molar-refractivity contribution is 0.194. The number of benzene rings is 8. The average molecular weight is 855 g/mol. The summed E-state index contributed by atoms with van der Waals surface area (Å²) >= 11 is 0. The van der Waals surface area contributed by atoms with Gasteiger partial charge in [0, 0.05) is 45.4 Å². The average Bonchev–Trinajstić information content (AvgIpc) is 3.69. The lowest BCUT2D eigenvalue weighted by atomic mass is 9.61. The SMILES string of the molecule is CC12CCCCC1(C)N(c1nccc3ccccc13)c1ccc(-c3ccc4ccc5c(-c6ccc7c(c6)C6(C)CCCCC6(C)N7c6nccc7ccccc67)ccc6ccc3c4c65)cc12. The summed E-state index contributed by atoms with van der Waals surface area (Å²) in [5.41, 5.74) is 10.5. The molecule has 2 fully saturated rings. The van der Waals surface area contributed by atoms with Crippen LogP contribution in [0.3, 0.4) is 0 Å². The fourth-order valence-electron chi connectivity index (χ4n) is 14.3. The summed E-state index contributed by atoms with van der Waals surface area (Å²) in [6.07, 6.45) is 13.6. The van der Waals surface area contributed by atoms with E-state index in [4.69, 9.17) is 9.97 Å². The van der Waals surface area contributed by atoms with Crippen LogP contribution in [0.1, 0.15) is 90.2 Å². The number of fused-ring (bicyclic) bond motifs is 8. The first-order valence-electron chi connectivity index (χ1n) is 24.5. The summed E-state index contributed by atoms with van der Waals surface area (Å²) in [6, 6.07) is 55.5. The van der Waals surface area contributed by atoms with Crippen LogP contribution in [0.4, 0.5) is 23.0 Å². The second-order valence-corrected chi connectivity index (χ2v) is 21.1. The minimum absolute atomic E-state index is 0.0156. The minimum atomic E-state index is -0.0852. The lowest BCUT2D eigenvalue weighted by Crippen LogP contribution is -2.54. The van der Waals surface area contributed by atoms with Gasteiger partial charge in [0.25, 0.3) is 0 Å². The largest absolute Gasteiger partial charge is 0.319 e. The molecule has 0 saturated heterocycles. The monoisotopic (exact) mass is 854 g/mol. The van der Waals surface area contributed by atoms with Crippen LogP contribution in [0.15, 0.2) is 158 Å². The van der Waals surface area contributed by atoms with Gasteiger partial charge in [-0.05, 0) is 152 Å². The van der Waals surface area contributed by atoms with Crippen molar-refractivity contribution in [1.29, 1.82) is 0 Å². The first-order chi connectivity index (χ1) is 32.2. The van der Waals surface area contributed by atoms with Crippen molar-refractivity contribution >= 4 is 76.9 Å². The Balaban J connectivity index is 0.922. The van der Waals surface area contributed by atoms with Crippen LogP contribution in [0, 0.1) is 0 Å². The third-order valence-electron chi connectivity index (χ3n) is 18.2. The van der Waals surface area contributed by atoms with Crippen LogP contribution in [0.5, 0.6) is 0 Å². The molecule has 2 saturated carbocycles. The van der Waals surface area contributed by atoms with E-state index in [2.05, 4.69) is 183 Å². The van der Waals surface area contributed by atoms with Gasteiger partial charge in [0.2, 0.25) is 0 Å². The molecule has 0 amide bonds. The molecule has 8 aromatic carbocycles. The molecular weight excluding hydrogens is 801 g/mol. The molecule has 0 bridgehead atoms. The molecule has 4 heteroatoms. The van der Waals surface area contributed by atoms with Crippen LogP contribution in [-0.4, -0.2) is 21.0 Å². The van der Waals surface area contributed by atoms with Crippen molar-refractivity contribution in [3.63, 3.8) is 0 Å². The van der Waals surface area contributed by atoms with Crippen molar-refractivity contribution in [2.24, 2.45) is 0 Å². The molecule has 4 aliphatic rings. The number of hydrogen-bond acceptors (Lipinski definition) is 4. The smallest absolute Gasteiger partial charge is 0.141 e. The Morgan fingerprint density at radius 2 is 0.818 bits per heavy atom. The van der Waals surface area contributed by atoms with Gasteiger partial charge in [0.1, 0.15) is 11.6 Å². The highest BCUT2D eigenvalue weighted by atomic mass is 15.3. The topological polar surface area (TPSA) is 32.3 Å². The maximum Gasteiger partial charge on any atom is 0.141 e. The van der Waals surface area contributed by atoms with E-state index in [0.29, 0.717) is 0 Å². The normalized spacial score (nSPS) is 24.7. The van der Waals surface area contributed by atoms with Crippen molar-refractivity contribution in [1.82, 2.24) is 9.97 Å². The third kappa shape index (κ3) is 4.84. The van der Waals surface area contributed by atoms with Gasteiger partial charge in [-0.1, -0.05) is 149 Å². The summed E-state index contributed by atoms with van der Waals surface area (Å²) in [5, 5.41) is 12.9. The highest BCUT2D eigenvalue weighted by molar-refractivity contribution is 6.27. The van der Waals surface area contributed by atoms with Gasteiger partial charge < -0.3 is 9.80 Å². The zero-order chi connectivity index (χ0) is 44.2. The second-order valence-electron chi connectivity index (χ2n) is 21.1. The van der Waals surface area contributed by atoms with Crippen molar-refractivity contribution < 1.29 is 0 Å². The van der Waals surface area contributed by atoms with Crippen molar-refractivity contribution in [2.45, 2.75) is 101 Å². The molecule has 322 valence electrons. The fraction of sp³-hybridized carbons (Fsp3) is 0.258. The van der Waals surface area contributed by atoms with E-state index in [1.54, 1.807) is 0 Å². The van der Waals surface area contributed by atoms with Gasteiger partial charge in [-0.2, -0.15) is 0 Å². The predicted octanol–water partition coefficient (Wildman–Crippen LogP) is 16.5. The first kappa shape index (κ1) is 38.5. The van der Waals surface area contributed by atoms with Crippen molar-refractivity contribution in [3.8, 4) is 22.3 Å². The zero-order valence-corrected chi connectivity index (χ0v) is 38.5. The zero-order valence-electron chi connectivity index (χ0n) is 38.5. The van der Waals surface area contributed by atoms with E-state index in [1.807, 2.05) is 12.4 Å². The van der Waals surface area contributed by atoms with Crippen LogP contribution in [0.2, 0.25) is 0 Å². The van der Waals surface area contributed by atoms with Gasteiger partial charge in [-0.15, -0.1) is 0 Å². The number of pyridine rings is 2. The summed E-state index contributed by atoms with van der Waals surface area (Å²) in [4.78, 5) is 15.5. The molecule has 66 heavy (non-hydrogen) atoms. The number of anilines is 4. The second kappa shape index (κ2) is 13.4. The van der Waals surface area contributed by atoms with Gasteiger partial charge >= 0.3 is 0 Å². The standard InChI is InChI=1S/C62H54N4/c1-59-31-9-11-33-61(59,3)65(57-47-15-7-5-13-39(47)29-35-63-57)53-27-21-43(37-51(53)59)45-23-17-41-20-26-50-46(24-18-42-19-25-49(45)55(41)56(42)50)44-22-28-54-52(38-44)60(2)32-10-12-34-62(60,4)66(54)58-48-16-8-6-14-40(48)30-36-64-58/h5-8,13-30,35-38H,9-12,31-34H2,1-4H3. The molecule has 10 aromatic rings. The van der Waals surface area contributed by atoms with Crippen molar-refractivity contribution in [3.05, 3.63) is 169 Å². The fourth-order valence-corrected chi connectivity index (χ4v) is 14.3. The Hall–Kier alpha value is -6.78. The molecule has 0 spiro atoms.